The molecule has 4 N–H and O–H groups in total. The lowest BCUT2D eigenvalue weighted by Gasteiger charge is -2.11. The zero-order valence-electron chi connectivity index (χ0n) is 9.35. The number of nitrogen functional groups attached to an aromatic ring is 1. The highest BCUT2D eigenvalue weighted by molar-refractivity contribution is 6.30. The molecule has 0 bridgehead atoms. The Labute approximate surface area is 109 Å². The van der Waals surface area contributed by atoms with Gasteiger partial charge in [0, 0.05) is 10.7 Å². The predicted octanol–water partition coefficient (Wildman–Crippen LogP) is 3.36. The van der Waals surface area contributed by atoms with Crippen LogP contribution in [0.25, 0.3) is 0 Å². The standard InChI is InChI=1S/C13H11ClN2O2/c14-8-4-6-9(7-5-8)16-11-3-1-2-10(12(11)15)13(17)18/h1-7,16H,15H2,(H,17,18). The molecule has 5 heteroatoms. The third-order valence-electron chi connectivity index (χ3n) is 2.46. The fourth-order valence-electron chi connectivity index (χ4n) is 1.55. The molecule has 0 fully saturated rings. The van der Waals surface area contributed by atoms with E-state index in [2.05, 4.69) is 5.32 Å². The molecule has 2 rings (SSSR count). The molecule has 4 nitrogen and oxygen atoms in total. The minimum Gasteiger partial charge on any atom is -0.478 e. The number of para-hydroxylation sites is 1. The Hall–Kier alpha value is -2.20. The summed E-state index contributed by atoms with van der Waals surface area (Å²) in [4.78, 5) is 10.9. The number of aromatic carboxylic acids is 1. The van der Waals surface area contributed by atoms with Gasteiger partial charge in [-0.05, 0) is 36.4 Å². The van der Waals surface area contributed by atoms with Crippen molar-refractivity contribution in [2.45, 2.75) is 0 Å². The van der Waals surface area contributed by atoms with Gasteiger partial charge in [0.1, 0.15) is 0 Å². The van der Waals surface area contributed by atoms with Gasteiger partial charge in [-0.1, -0.05) is 17.7 Å². The first-order valence-electron chi connectivity index (χ1n) is 5.22. The molecule has 2 aromatic carbocycles. The molecule has 0 aliphatic carbocycles. The summed E-state index contributed by atoms with van der Waals surface area (Å²) in [5.74, 6) is -1.05. The van der Waals surface area contributed by atoms with Gasteiger partial charge in [-0.25, -0.2) is 4.79 Å². The summed E-state index contributed by atoms with van der Waals surface area (Å²) in [6.07, 6.45) is 0. The molecule has 18 heavy (non-hydrogen) atoms. The van der Waals surface area contributed by atoms with E-state index in [9.17, 15) is 4.79 Å². The zero-order chi connectivity index (χ0) is 13.1. The largest absolute Gasteiger partial charge is 0.478 e. The van der Waals surface area contributed by atoms with Crippen molar-refractivity contribution in [3.63, 3.8) is 0 Å². The second kappa shape index (κ2) is 4.98. The van der Waals surface area contributed by atoms with Crippen LogP contribution in [-0.2, 0) is 0 Å². The average molecular weight is 263 g/mol. The Bertz CT molecular complexity index is 582. The van der Waals surface area contributed by atoms with Crippen molar-refractivity contribution in [2.24, 2.45) is 0 Å². The number of rotatable bonds is 3. The highest BCUT2D eigenvalue weighted by atomic mass is 35.5. The van der Waals surface area contributed by atoms with E-state index in [-0.39, 0.29) is 11.3 Å². The summed E-state index contributed by atoms with van der Waals surface area (Å²) in [5.41, 5.74) is 7.42. The summed E-state index contributed by atoms with van der Waals surface area (Å²) >= 11 is 5.78. The molecule has 0 aliphatic rings. The number of anilines is 3. The molecule has 0 aromatic heterocycles. The van der Waals surface area contributed by atoms with Crippen molar-refractivity contribution in [1.82, 2.24) is 0 Å². The number of hydrogen-bond acceptors (Lipinski definition) is 3. The van der Waals surface area contributed by atoms with E-state index in [1.54, 1.807) is 36.4 Å². The first kappa shape index (κ1) is 12.3. The van der Waals surface area contributed by atoms with Gasteiger partial charge in [0.05, 0.1) is 16.9 Å². The van der Waals surface area contributed by atoms with Gasteiger partial charge in [0.25, 0.3) is 0 Å². The van der Waals surface area contributed by atoms with Crippen molar-refractivity contribution in [3.8, 4) is 0 Å². The summed E-state index contributed by atoms with van der Waals surface area (Å²) in [6, 6.07) is 11.9. The van der Waals surface area contributed by atoms with Gasteiger partial charge in [-0.2, -0.15) is 0 Å². The summed E-state index contributed by atoms with van der Waals surface area (Å²) in [7, 11) is 0. The maximum Gasteiger partial charge on any atom is 0.337 e. The molecule has 0 atom stereocenters. The Morgan fingerprint density at radius 1 is 1.17 bits per heavy atom. The zero-order valence-corrected chi connectivity index (χ0v) is 10.1. The molecule has 92 valence electrons. The minimum atomic E-state index is -1.05. The average Bonchev–Trinajstić information content (AvgIpc) is 2.34. The van der Waals surface area contributed by atoms with E-state index in [0.29, 0.717) is 10.7 Å². The van der Waals surface area contributed by atoms with Crippen molar-refractivity contribution in [2.75, 3.05) is 11.1 Å². The summed E-state index contributed by atoms with van der Waals surface area (Å²) in [6.45, 7) is 0. The first-order chi connectivity index (χ1) is 8.58. The van der Waals surface area contributed by atoms with Crippen LogP contribution in [-0.4, -0.2) is 11.1 Å². The van der Waals surface area contributed by atoms with Crippen molar-refractivity contribution >= 4 is 34.6 Å². The SMILES string of the molecule is Nc1c(Nc2ccc(Cl)cc2)cccc1C(=O)O. The van der Waals surface area contributed by atoms with Crippen LogP contribution in [0.1, 0.15) is 10.4 Å². The van der Waals surface area contributed by atoms with Crippen LogP contribution in [0.5, 0.6) is 0 Å². The highest BCUT2D eigenvalue weighted by Gasteiger charge is 2.10. The van der Waals surface area contributed by atoms with E-state index in [1.807, 2.05) is 0 Å². The molecule has 0 radical (unpaired) electrons. The summed E-state index contributed by atoms with van der Waals surface area (Å²) in [5, 5.41) is 12.6. The Kier molecular flexibility index (Phi) is 3.39. The number of benzene rings is 2. The Balaban J connectivity index is 2.32. The lowest BCUT2D eigenvalue weighted by Crippen LogP contribution is -2.05. The van der Waals surface area contributed by atoms with Crippen molar-refractivity contribution < 1.29 is 9.90 Å². The van der Waals surface area contributed by atoms with E-state index in [4.69, 9.17) is 22.4 Å². The minimum absolute atomic E-state index is 0.0777. The predicted molar refractivity (Wildman–Crippen MR) is 72.5 cm³/mol. The maximum atomic E-state index is 10.9. The molecule has 0 spiro atoms. The van der Waals surface area contributed by atoms with Crippen molar-refractivity contribution in [3.05, 3.63) is 53.1 Å². The number of hydrogen-bond donors (Lipinski definition) is 3. The summed E-state index contributed by atoms with van der Waals surface area (Å²) < 4.78 is 0. The van der Waals surface area contributed by atoms with Crippen LogP contribution in [0, 0.1) is 0 Å². The van der Waals surface area contributed by atoms with Gasteiger partial charge in [-0.3, -0.25) is 0 Å². The third kappa shape index (κ3) is 2.55. The van der Waals surface area contributed by atoms with E-state index in [1.165, 1.54) is 6.07 Å². The normalized spacial score (nSPS) is 10.1. The van der Waals surface area contributed by atoms with Crippen LogP contribution in [0.4, 0.5) is 17.1 Å². The third-order valence-corrected chi connectivity index (χ3v) is 2.71. The van der Waals surface area contributed by atoms with Gasteiger partial charge >= 0.3 is 5.97 Å². The van der Waals surface area contributed by atoms with Crippen LogP contribution in [0.2, 0.25) is 5.02 Å². The van der Waals surface area contributed by atoms with Gasteiger partial charge in [0.15, 0.2) is 0 Å². The second-order valence-corrected chi connectivity index (χ2v) is 4.14. The fraction of sp³-hybridized carbons (Fsp3) is 0. The Morgan fingerprint density at radius 3 is 2.44 bits per heavy atom. The second-order valence-electron chi connectivity index (χ2n) is 3.70. The van der Waals surface area contributed by atoms with Crippen LogP contribution in [0.15, 0.2) is 42.5 Å². The van der Waals surface area contributed by atoms with Crippen LogP contribution < -0.4 is 11.1 Å². The fourth-order valence-corrected chi connectivity index (χ4v) is 1.68. The first-order valence-corrected chi connectivity index (χ1v) is 5.60. The molecule has 0 saturated carbocycles. The van der Waals surface area contributed by atoms with E-state index >= 15 is 0 Å². The smallest absolute Gasteiger partial charge is 0.337 e. The number of nitrogens with two attached hydrogens (primary N) is 1. The number of carboxylic acid groups (broad SMARTS) is 1. The number of carboxylic acids is 1. The lowest BCUT2D eigenvalue weighted by molar-refractivity contribution is 0.0698. The molecule has 0 aliphatic heterocycles. The van der Waals surface area contributed by atoms with E-state index in [0.717, 1.165) is 5.69 Å². The molecule has 0 amide bonds. The monoisotopic (exact) mass is 262 g/mol. The quantitative estimate of drug-likeness (QED) is 0.742. The van der Waals surface area contributed by atoms with Crippen LogP contribution >= 0.6 is 11.6 Å². The number of nitrogens with one attached hydrogen (secondary N) is 1. The van der Waals surface area contributed by atoms with Crippen LogP contribution in [0.3, 0.4) is 0 Å². The molecule has 2 aromatic rings. The number of halogens is 1. The maximum absolute atomic E-state index is 10.9. The van der Waals surface area contributed by atoms with Crippen molar-refractivity contribution in [1.29, 1.82) is 0 Å². The molecular formula is C13H11ClN2O2. The van der Waals surface area contributed by atoms with Gasteiger partial charge < -0.3 is 16.2 Å². The lowest BCUT2D eigenvalue weighted by atomic mass is 10.1. The van der Waals surface area contributed by atoms with E-state index < -0.39 is 5.97 Å². The molecule has 0 heterocycles. The number of carbonyl (C=O) groups is 1. The topological polar surface area (TPSA) is 75.3 Å². The molecular weight excluding hydrogens is 252 g/mol. The molecule has 0 unspecified atom stereocenters. The van der Waals surface area contributed by atoms with Gasteiger partial charge in [0.2, 0.25) is 0 Å². The van der Waals surface area contributed by atoms with Gasteiger partial charge in [-0.15, -0.1) is 0 Å². The highest BCUT2D eigenvalue weighted by Crippen LogP contribution is 2.26. The Morgan fingerprint density at radius 2 is 1.83 bits per heavy atom. The molecule has 0 saturated heterocycles.